The van der Waals surface area contributed by atoms with Crippen molar-refractivity contribution in [1.82, 2.24) is 15.1 Å². The van der Waals surface area contributed by atoms with E-state index in [0.717, 1.165) is 10.0 Å². The van der Waals surface area contributed by atoms with Gasteiger partial charge in [-0.05, 0) is 38.1 Å². The lowest BCUT2D eigenvalue weighted by Gasteiger charge is -2.34. The van der Waals surface area contributed by atoms with Crippen molar-refractivity contribution in [2.24, 2.45) is 0 Å². The number of halogens is 1. The molecule has 1 aromatic rings. The number of rotatable bonds is 4. The van der Waals surface area contributed by atoms with Crippen LogP contribution in [0.5, 0.6) is 5.75 Å². The van der Waals surface area contributed by atoms with Crippen LogP contribution in [0.1, 0.15) is 19.4 Å². The summed E-state index contributed by atoms with van der Waals surface area (Å²) in [6.45, 7) is 5.05. The van der Waals surface area contributed by atoms with Crippen LogP contribution in [0.2, 0.25) is 0 Å². The average molecular weight is 438 g/mol. The van der Waals surface area contributed by atoms with Crippen LogP contribution >= 0.6 is 15.9 Å². The van der Waals surface area contributed by atoms with Crippen LogP contribution in [-0.4, -0.2) is 66.9 Å². The van der Waals surface area contributed by atoms with Crippen molar-refractivity contribution in [3.05, 3.63) is 34.3 Å². The highest BCUT2D eigenvalue weighted by Gasteiger charge is 2.27. The molecule has 1 heterocycles. The van der Waals surface area contributed by atoms with Crippen molar-refractivity contribution in [1.29, 1.82) is 0 Å². The standard InChI is InChI=1S/C19H24BrN3O4/c1-13(2)21-18(25)19(26)23-10-8-22(9-11-23)17(24)7-4-14-12-15(20)5-6-16(14)27-3/h4-7,12-13H,8-11H2,1-3H3,(H,21,25). The van der Waals surface area contributed by atoms with E-state index >= 15 is 0 Å². The summed E-state index contributed by atoms with van der Waals surface area (Å²) in [5.41, 5.74) is 0.791. The second kappa shape index (κ2) is 9.55. The Morgan fingerprint density at radius 1 is 1.15 bits per heavy atom. The second-order valence-corrected chi connectivity index (χ2v) is 7.38. The third-order valence-electron chi connectivity index (χ3n) is 4.09. The van der Waals surface area contributed by atoms with Crippen molar-refractivity contribution in [3.8, 4) is 5.75 Å². The molecule has 0 bridgehead atoms. The molecule has 0 aliphatic carbocycles. The van der Waals surface area contributed by atoms with E-state index in [2.05, 4.69) is 21.2 Å². The van der Waals surface area contributed by atoms with Crippen LogP contribution < -0.4 is 10.1 Å². The molecule has 146 valence electrons. The molecular formula is C19H24BrN3O4. The Kier molecular flexibility index (Phi) is 7.41. The number of nitrogens with zero attached hydrogens (tertiary/aromatic N) is 2. The number of piperazine rings is 1. The lowest BCUT2D eigenvalue weighted by atomic mass is 10.2. The Hall–Kier alpha value is -2.35. The van der Waals surface area contributed by atoms with Gasteiger partial charge in [0.2, 0.25) is 5.91 Å². The summed E-state index contributed by atoms with van der Waals surface area (Å²) < 4.78 is 6.18. The summed E-state index contributed by atoms with van der Waals surface area (Å²) in [6.07, 6.45) is 3.20. The lowest BCUT2D eigenvalue weighted by Crippen LogP contribution is -2.54. The Morgan fingerprint density at radius 2 is 1.78 bits per heavy atom. The normalized spacial score (nSPS) is 14.6. The Morgan fingerprint density at radius 3 is 2.37 bits per heavy atom. The van der Waals surface area contributed by atoms with E-state index in [1.807, 2.05) is 18.2 Å². The minimum absolute atomic E-state index is 0.0931. The highest BCUT2D eigenvalue weighted by Crippen LogP contribution is 2.24. The zero-order valence-electron chi connectivity index (χ0n) is 15.7. The van der Waals surface area contributed by atoms with Crippen LogP contribution in [0.3, 0.4) is 0 Å². The quantitative estimate of drug-likeness (QED) is 0.573. The van der Waals surface area contributed by atoms with Crippen molar-refractivity contribution >= 4 is 39.7 Å². The smallest absolute Gasteiger partial charge is 0.312 e. The molecule has 1 N–H and O–H groups in total. The maximum Gasteiger partial charge on any atom is 0.312 e. The largest absolute Gasteiger partial charge is 0.496 e. The molecule has 1 aliphatic heterocycles. The zero-order valence-corrected chi connectivity index (χ0v) is 17.3. The molecule has 1 saturated heterocycles. The monoisotopic (exact) mass is 437 g/mol. The van der Waals surface area contributed by atoms with Gasteiger partial charge in [0.25, 0.3) is 0 Å². The number of nitrogens with one attached hydrogen (secondary N) is 1. The summed E-state index contributed by atoms with van der Waals surface area (Å²) in [5.74, 6) is -0.624. The van der Waals surface area contributed by atoms with Crippen LogP contribution in [0, 0.1) is 0 Å². The number of carbonyl (C=O) groups is 3. The van der Waals surface area contributed by atoms with Crippen LogP contribution in [0.15, 0.2) is 28.7 Å². The summed E-state index contributed by atoms with van der Waals surface area (Å²) in [7, 11) is 1.58. The van der Waals surface area contributed by atoms with Crippen LogP contribution in [0.25, 0.3) is 6.08 Å². The number of methoxy groups -OCH3 is 1. The maximum absolute atomic E-state index is 12.4. The van der Waals surface area contributed by atoms with Gasteiger partial charge in [-0.3, -0.25) is 14.4 Å². The van der Waals surface area contributed by atoms with Gasteiger partial charge in [-0.2, -0.15) is 0 Å². The molecule has 1 aromatic carbocycles. The molecule has 7 nitrogen and oxygen atoms in total. The fourth-order valence-electron chi connectivity index (χ4n) is 2.70. The molecule has 0 atom stereocenters. The second-order valence-electron chi connectivity index (χ2n) is 6.47. The molecule has 0 saturated carbocycles. The van der Waals surface area contributed by atoms with Gasteiger partial charge >= 0.3 is 11.8 Å². The highest BCUT2D eigenvalue weighted by molar-refractivity contribution is 9.10. The third kappa shape index (κ3) is 5.82. The van der Waals surface area contributed by atoms with E-state index in [4.69, 9.17) is 4.74 Å². The van der Waals surface area contributed by atoms with E-state index in [9.17, 15) is 14.4 Å². The Balaban J connectivity index is 1.92. The first kappa shape index (κ1) is 21.0. The zero-order chi connectivity index (χ0) is 20.0. The first-order valence-corrected chi connectivity index (χ1v) is 9.51. The highest BCUT2D eigenvalue weighted by atomic mass is 79.9. The molecule has 0 unspecified atom stereocenters. The van der Waals surface area contributed by atoms with Gasteiger partial charge in [-0.1, -0.05) is 15.9 Å². The topological polar surface area (TPSA) is 79.0 Å². The van der Waals surface area contributed by atoms with Gasteiger partial charge in [0.05, 0.1) is 7.11 Å². The van der Waals surface area contributed by atoms with Crippen molar-refractivity contribution in [3.63, 3.8) is 0 Å². The molecule has 27 heavy (non-hydrogen) atoms. The number of ether oxygens (including phenoxy) is 1. The molecule has 0 spiro atoms. The molecule has 0 aromatic heterocycles. The number of carbonyl (C=O) groups excluding carboxylic acids is 3. The lowest BCUT2D eigenvalue weighted by molar-refractivity contribution is -0.148. The van der Waals surface area contributed by atoms with E-state index in [0.29, 0.717) is 31.9 Å². The summed E-state index contributed by atoms with van der Waals surface area (Å²) in [4.78, 5) is 39.5. The maximum atomic E-state index is 12.4. The summed E-state index contributed by atoms with van der Waals surface area (Å²) in [6, 6.07) is 5.46. The molecule has 2 rings (SSSR count). The van der Waals surface area contributed by atoms with Gasteiger partial charge in [0.15, 0.2) is 0 Å². The fourth-order valence-corrected chi connectivity index (χ4v) is 3.08. The van der Waals surface area contributed by atoms with Crippen LogP contribution in [0.4, 0.5) is 0 Å². The average Bonchev–Trinajstić information content (AvgIpc) is 2.65. The minimum Gasteiger partial charge on any atom is -0.496 e. The van der Waals surface area contributed by atoms with Crippen LogP contribution in [-0.2, 0) is 14.4 Å². The molecule has 0 radical (unpaired) electrons. The fraction of sp³-hybridized carbons (Fsp3) is 0.421. The van der Waals surface area contributed by atoms with Gasteiger partial charge in [0.1, 0.15) is 5.75 Å². The van der Waals surface area contributed by atoms with E-state index in [1.165, 1.54) is 11.0 Å². The van der Waals surface area contributed by atoms with Gasteiger partial charge < -0.3 is 19.9 Å². The van der Waals surface area contributed by atoms with E-state index in [-0.39, 0.29) is 11.9 Å². The molecule has 3 amide bonds. The predicted molar refractivity (Wildman–Crippen MR) is 106 cm³/mol. The number of benzene rings is 1. The molecule has 1 fully saturated rings. The summed E-state index contributed by atoms with van der Waals surface area (Å²) in [5, 5.41) is 2.59. The van der Waals surface area contributed by atoms with Gasteiger partial charge in [0, 0.05) is 48.3 Å². The molecule has 1 aliphatic rings. The first-order valence-electron chi connectivity index (χ1n) is 8.72. The van der Waals surface area contributed by atoms with E-state index < -0.39 is 11.8 Å². The predicted octanol–water partition coefficient (Wildman–Crippen LogP) is 1.67. The van der Waals surface area contributed by atoms with E-state index in [1.54, 1.807) is 31.9 Å². The van der Waals surface area contributed by atoms with Gasteiger partial charge in [-0.25, -0.2) is 0 Å². The Bertz CT molecular complexity index is 740. The molecular weight excluding hydrogens is 414 g/mol. The number of hydrogen-bond donors (Lipinski definition) is 1. The molecule has 8 heteroatoms. The SMILES string of the molecule is COc1ccc(Br)cc1C=CC(=O)N1CCN(C(=O)C(=O)NC(C)C)CC1. The summed E-state index contributed by atoms with van der Waals surface area (Å²) >= 11 is 3.40. The van der Waals surface area contributed by atoms with Crippen molar-refractivity contribution in [2.75, 3.05) is 33.3 Å². The number of amides is 3. The third-order valence-corrected chi connectivity index (χ3v) is 4.58. The van der Waals surface area contributed by atoms with Gasteiger partial charge in [-0.15, -0.1) is 0 Å². The minimum atomic E-state index is -0.605. The first-order chi connectivity index (χ1) is 12.8. The number of hydrogen-bond acceptors (Lipinski definition) is 4. The van der Waals surface area contributed by atoms with Crippen molar-refractivity contribution < 1.29 is 19.1 Å². The van der Waals surface area contributed by atoms with Crippen molar-refractivity contribution in [2.45, 2.75) is 19.9 Å². The Labute approximate surface area is 167 Å².